The zero-order chi connectivity index (χ0) is 13.7. The van der Waals surface area contributed by atoms with Crippen LogP contribution in [0, 0.1) is 0 Å². The van der Waals surface area contributed by atoms with Crippen LogP contribution >= 0.6 is 27.3 Å². The highest BCUT2D eigenvalue weighted by atomic mass is 79.9. The minimum atomic E-state index is -3.23. The van der Waals surface area contributed by atoms with Gasteiger partial charge >= 0.3 is 0 Å². The first-order valence-corrected chi connectivity index (χ1v) is 9.12. The maximum atomic E-state index is 11.9. The van der Waals surface area contributed by atoms with Crippen LogP contribution in [0.1, 0.15) is 10.4 Å². The number of halogens is 1. The van der Waals surface area contributed by atoms with Crippen LogP contribution in [0.4, 0.5) is 0 Å². The van der Waals surface area contributed by atoms with Crippen molar-refractivity contribution in [1.29, 1.82) is 0 Å². The van der Waals surface area contributed by atoms with Gasteiger partial charge in [-0.1, -0.05) is 30.3 Å². The molecule has 0 aliphatic rings. The molecule has 1 heterocycles. The third-order valence-electron chi connectivity index (χ3n) is 2.59. The molecule has 0 amide bonds. The van der Waals surface area contributed by atoms with Gasteiger partial charge in [0.05, 0.1) is 5.75 Å². The first-order valence-electron chi connectivity index (χ1n) is 5.79. The summed E-state index contributed by atoms with van der Waals surface area (Å²) in [6.45, 7) is 0.355. The molecule has 19 heavy (non-hydrogen) atoms. The molecular weight excluding hydrogens is 346 g/mol. The summed E-state index contributed by atoms with van der Waals surface area (Å²) in [5.41, 5.74) is 1.03. The zero-order valence-corrected chi connectivity index (χ0v) is 13.4. The Morgan fingerprint density at radius 1 is 1.21 bits per heavy atom. The topological polar surface area (TPSA) is 46.2 Å². The van der Waals surface area contributed by atoms with E-state index in [9.17, 15) is 8.42 Å². The van der Waals surface area contributed by atoms with Gasteiger partial charge in [0.15, 0.2) is 0 Å². The molecule has 0 aliphatic heterocycles. The summed E-state index contributed by atoms with van der Waals surface area (Å²) < 4.78 is 27.3. The Bertz CT molecular complexity index is 623. The third kappa shape index (κ3) is 5.06. The molecule has 0 atom stereocenters. The van der Waals surface area contributed by atoms with E-state index in [1.165, 1.54) is 11.3 Å². The van der Waals surface area contributed by atoms with Crippen LogP contribution in [0.25, 0.3) is 0 Å². The van der Waals surface area contributed by atoms with Gasteiger partial charge in [0.1, 0.15) is 0 Å². The highest BCUT2D eigenvalue weighted by molar-refractivity contribution is 9.10. The fourth-order valence-corrected chi connectivity index (χ4v) is 4.10. The molecule has 0 saturated carbocycles. The molecule has 102 valence electrons. The number of hydrogen-bond acceptors (Lipinski definition) is 3. The predicted molar refractivity (Wildman–Crippen MR) is 82.8 cm³/mol. The molecule has 1 aromatic heterocycles. The number of nitrogens with one attached hydrogen (secondary N) is 1. The molecule has 3 nitrogen and oxygen atoms in total. The number of thiophene rings is 1. The van der Waals surface area contributed by atoms with E-state index in [1.807, 2.05) is 41.8 Å². The molecule has 2 aromatic rings. The van der Waals surface area contributed by atoms with Gasteiger partial charge < -0.3 is 0 Å². The molecule has 0 unspecified atom stereocenters. The SMILES string of the molecule is O=S(=O)(CCc1ccccc1)NCc1cc(Br)cs1. The van der Waals surface area contributed by atoms with Gasteiger partial charge in [-0.05, 0) is 34.0 Å². The van der Waals surface area contributed by atoms with Crippen LogP contribution in [0.15, 0.2) is 46.3 Å². The predicted octanol–water partition coefficient (Wildman–Crippen LogP) is 3.17. The van der Waals surface area contributed by atoms with Gasteiger partial charge in [0, 0.05) is 21.3 Å². The lowest BCUT2D eigenvalue weighted by molar-refractivity contribution is 0.581. The summed E-state index contributed by atoms with van der Waals surface area (Å²) in [7, 11) is -3.23. The van der Waals surface area contributed by atoms with E-state index in [1.54, 1.807) is 0 Å². The van der Waals surface area contributed by atoms with E-state index in [-0.39, 0.29) is 5.75 Å². The van der Waals surface area contributed by atoms with Crippen molar-refractivity contribution >= 4 is 37.3 Å². The Morgan fingerprint density at radius 3 is 2.58 bits per heavy atom. The average Bonchev–Trinajstić information content (AvgIpc) is 2.82. The molecule has 2 rings (SSSR count). The summed E-state index contributed by atoms with van der Waals surface area (Å²) >= 11 is 4.88. The maximum Gasteiger partial charge on any atom is 0.212 e. The smallest absolute Gasteiger partial charge is 0.212 e. The first-order chi connectivity index (χ1) is 9.05. The van der Waals surface area contributed by atoms with Gasteiger partial charge in [0.2, 0.25) is 10.0 Å². The quantitative estimate of drug-likeness (QED) is 0.860. The van der Waals surface area contributed by atoms with Crippen LogP contribution in [0.5, 0.6) is 0 Å². The highest BCUT2D eigenvalue weighted by Crippen LogP contribution is 2.19. The number of hydrogen-bond donors (Lipinski definition) is 1. The molecule has 0 aliphatic carbocycles. The van der Waals surface area contributed by atoms with Crippen molar-refractivity contribution in [1.82, 2.24) is 4.72 Å². The van der Waals surface area contributed by atoms with Gasteiger partial charge in [0.25, 0.3) is 0 Å². The van der Waals surface area contributed by atoms with E-state index in [0.717, 1.165) is 14.9 Å². The molecule has 1 aromatic carbocycles. The van der Waals surface area contributed by atoms with Crippen molar-refractivity contribution in [3.8, 4) is 0 Å². The van der Waals surface area contributed by atoms with Gasteiger partial charge in [-0.15, -0.1) is 11.3 Å². The third-order valence-corrected chi connectivity index (χ3v) is 5.61. The summed E-state index contributed by atoms with van der Waals surface area (Å²) in [5, 5.41) is 1.94. The van der Waals surface area contributed by atoms with E-state index in [2.05, 4.69) is 20.7 Å². The molecule has 0 saturated heterocycles. The molecule has 0 bridgehead atoms. The maximum absolute atomic E-state index is 11.9. The van der Waals surface area contributed by atoms with Crippen LogP contribution in [0.2, 0.25) is 0 Å². The van der Waals surface area contributed by atoms with Crippen LogP contribution in [-0.4, -0.2) is 14.2 Å². The molecular formula is C13H14BrNO2S2. The highest BCUT2D eigenvalue weighted by Gasteiger charge is 2.10. The fourth-order valence-electron chi connectivity index (χ4n) is 1.60. The standard InChI is InChI=1S/C13H14BrNO2S2/c14-12-8-13(18-10-12)9-15-19(16,17)7-6-11-4-2-1-3-5-11/h1-5,8,10,15H,6-7,9H2. The Morgan fingerprint density at radius 2 is 1.95 bits per heavy atom. The van der Waals surface area contributed by atoms with Crippen molar-refractivity contribution in [3.63, 3.8) is 0 Å². The minimum Gasteiger partial charge on any atom is -0.212 e. The number of benzene rings is 1. The molecule has 0 fully saturated rings. The minimum absolute atomic E-state index is 0.115. The van der Waals surface area contributed by atoms with Crippen LogP contribution in [0.3, 0.4) is 0 Å². The monoisotopic (exact) mass is 359 g/mol. The van der Waals surface area contributed by atoms with Crippen molar-refractivity contribution < 1.29 is 8.42 Å². The lowest BCUT2D eigenvalue weighted by Crippen LogP contribution is -2.26. The van der Waals surface area contributed by atoms with Gasteiger partial charge in [-0.25, -0.2) is 13.1 Å². The Balaban J connectivity index is 1.85. The normalized spacial score (nSPS) is 11.6. The zero-order valence-electron chi connectivity index (χ0n) is 10.2. The largest absolute Gasteiger partial charge is 0.212 e. The van der Waals surface area contributed by atoms with Crippen LogP contribution in [-0.2, 0) is 23.0 Å². The summed E-state index contributed by atoms with van der Waals surface area (Å²) in [5.74, 6) is 0.115. The number of rotatable bonds is 6. The second-order valence-electron chi connectivity index (χ2n) is 4.11. The Labute approximate surface area is 125 Å². The van der Waals surface area contributed by atoms with Crippen molar-refractivity contribution in [2.24, 2.45) is 0 Å². The number of sulfonamides is 1. The molecule has 6 heteroatoms. The number of aryl methyl sites for hydroxylation is 1. The average molecular weight is 360 g/mol. The van der Waals surface area contributed by atoms with Crippen LogP contribution < -0.4 is 4.72 Å². The molecule has 1 N–H and O–H groups in total. The lowest BCUT2D eigenvalue weighted by Gasteiger charge is -2.05. The lowest BCUT2D eigenvalue weighted by atomic mass is 10.2. The summed E-state index contributed by atoms with van der Waals surface area (Å²) in [6.07, 6.45) is 0.532. The fraction of sp³-hybridized carbons (Fsp3) is 0.231. The molecule has 0 spiro atoms. The molecule has 0 radical (unpaired) electrons. The first kappa shape index (κ1) is 14.7. The van der Waals surface area contributed by atoms with Crippen molar-refractivity contribution in [3.05, 3.63) is 56.7 Å². The van der Waals surface area contributed by atoms with Gasteiger partial charge in [-0.3, -0.25) is 0 Å². The Kier molecular flexibility index (Phi) is 5.15. The Hall–Kier alpha value is -0.690. The van der Waals surface area contributed by atoms with E-state index in [0.29, 0.717) is 13.0 Å². The van der Waals surface area contributed by atoms with Gasteiger partial charge in [-0.2, -0.15) is 0 Å². The van der Waals surface area contributed by atoms with Crippen molar-refractivity contribution in [2.45, 2.75) is 13.0 Å². The second kappa shape index (κ2) is 6.65. The summed E-state index contributed by atoms with van der Waals surface area (Å²) in [4.78, 5) is 0.996. The second-order valence-corrected chi connectivity index (χ2v) is 7.94. The van der Waals surface area contributed by atoms with E-state index in [4.69, 9.17) is 0 Å². The van der Waals surface area contributed by atoms with E-state index >= 15 is 0 Å². The summed E-state index contributed by atoms with van der Waals surface area (Å²) in [6, 6.07) is 11.5. The van der Waals surface area contributed by atoms with E-state index < -0.39 is 10.0 Å². The van der Waals surface area contributed by atoms with Crippen molar-refractivity contribution in [2.75, 3.05) is 5.75 Å².